The largest absolute Gasteiger partial charge is 0.240 e. The van der Waals surface area contributed by atoms with Crippen molar-refractivity contribution in [2.75, 3.05) is 6.54 Å². The highest BCUT2D eigenvalue weighted by atomic mass is 79.9. The van der Waals surface area contributed by atoms with Gasteiger partial charge < -0.3 is 0 Å². The summed E-state index contributed by atoms with van der Waals surface area (Å²) < 4.78 is 28.1. The summed E-state index contributed by atoms with van der Waals surface area (Å²) in [6.45, 7) is 2.28. The number of allylic oxidation sites excluding steroid dienone is 1. The van der Waals surface area contributed by atoms with Gasteiger partial charge >= 0.3 is 0 Å². The van der Waals surface area contributed by atoms with E-state index in [0.717, 1.165) is 29.3 Å². The maximum atomic E-state index is 12.3. The number of aryl methyl sites for hydroxylation is 1. The number of benzene rings is 1. The highest BCUT2D eigenvalue weighted by Gasteiger charge is 2.16. The predicted octanol–water partition coefficient (Wildman–Crippen LogP) is 3.93. The molecule has 0 fully saturated rings. The third-order valence-electron chi connectivity index (χ3n) is 3.56. The average molecular weight is 358 g/mol. The number of halogens is 1. The highest BCUT2D eigenvalue weighted by molar-refractivity contribution is 9.10. The van der Waals surface area contributed by atoms with Gasteiger partial charge in [0.2, 0.25) is 10.0 Å². The summed E-state index contributed by atoms with van der Waals surface area (Å²) in [5, 5.41) is 0. The minimum Gasteiger partial charge on any atom is -0.211 e. The van der Waals surface area contributed by atoms with E-state index in [4.69, 9.17) is 0 Å². The smallest absolute Gasteiger partial charge is 0.211 e. The Labute approximate surface area is 129 Å². The molecule has 0 aliphatic heterocycles. The second-order valence-corrected chi connectivity index (χ2v) is 7.82. The molecule has 1 aliphatic carbocycles. The molecule has 0 amide bonds. The number of hydrogen-bond acceptors (Lipinski definition) is 2. The first-order chi connectivity index (χ1) is 9.49. The Hall–Kier alpha value is -0.650. The Kier molecular flexibility index (Phi) is 5.41. The van der Waals surface area contributed by atoms with Crippen LogP contribution >= 0.6 is 15.9 Å². The summed E-state index contributed by atoms with van der Waals surface area (Å²) in [5.74, 6) is 0. The van der Waals surface area contributed by atoms with Crippen LogP contribution in [0.1, 0.15) is 37.7 Å². The number of hydrogen-bond donors (Lipinski definition) is 1. The van der Waals surface area contributed by atoms with Gasteiger partial charge in [-0.2, -0.15) is 0 Å². The Balaban J connectivity index is 2.00. The van der Waals surface area contributed by atoms with Crippen molar-refractivity contribution in [1.29, 1.82) is 0 Å². The summed E-state index contributed by atoms with van der Waals surface area (Å²) in [5.41, 5.74) is 2.14. The third kappa shape index (κ3) is 4.17. The summed E-state index contributed by atoms with van der Waals surface area (Å²) in [6.07, 6.45) is 7.79. The lowest BCUT2D eigenvalue weighted by Crippen LogP contribution is -2.26. The van der Waals surface area contributed by atoms with Crippen LogP contribution in [0.3, 0.4) is 0 Å². The molecule has 0 spiro atoms. The van der Waals surface area contributed by atoms with Crippen LogP contribution in [0.4, 0.5) is 0 Å². The van der Waals surface area contributed by atoms with Gasteiger partial charge in [0.15, 0.2) is 0 Å². The van der Waals surface area contributed by atoms with E-state index in [9.17, 15) is 8.42 Å². The first kappa shape index (κ1) is 15.7. The monoisotopic (exact) mass is 357 g/mol. The fourth-order valence-corrected chi connectivity index (χ4v) is 4.23. The molecule has 2 rings (SSSR count). The molecule has 0 heterocycles. The van der Waals surface area contributed by atoms with E-state index >= 15 is 0 Å². The highest BCUT2D eigenvalue weighted by Crippen LogP contribution is 2.22. The van der Waals surface area contributed by atoms with E-state index in [1.54, 1.807) is 6.07 Å². The zero-order chi connectivity index (χ0) is 14.6. The van der Waals surface area contributed by atoms with Crippen LogP contribution in [-0.4, -0.2) is 15.0 Å². The van der Waals surface area contributed by atoms with Crippen molar-refractivity contribution >= 4 is 26.0 Å². The Morgan fingerprint density at radius 2 is 2.10 bits per heavy atom. The third-order valence-corrected chi connectivity index (χ3v) is 5.66. The van der Waals surface area contributed by atoms with Crippen LogP contribution in [-0.2, 0) is 10.0 Å². The molecule has 20 heavy (non-hydrogen) atoms. The molecule has 3 nitrogen and oxygen atoms in total. The lowest BCUT2D eigenvalue weighted by atomic mass is 9.97. The molecular formula is C15H20BrNO2S. The van der Waals surface area contributed by atoms with Crippen LogP contribution in [0.5, 0.6) is 0 Å². The molecule has 0 bridgehead atoms. The van der Waals surface area contributed by atoms with Gasteiger partial charge in [-0.1, -0.05) is 33.6 Å². The molecule has 0 saturated carbocycles. The van der Waals surface area contributed by atoms with Gasteiger partial charge in [0.1, 0.15) is 0 Å². The van der Waals surface area contributed by atoms with Crippen molar-refractivity contribution in [3.63, 3.8) is 0 Å². The van der Waals surface area contributed by atoms with Crippen LogP contribution in [0, 0.1) is 6.92 Å². The Morgan fingerprint density at radius 3 is 2.80 bits per heavy atom. The minimum atomic E-state index is -3.42. The van der Waals surface area contributed by atoms with Crippen LogP contribution < -0.4 is 4.72 Å². The second kappa shape index (κ2) is 6.87. The van der Waals surface area contributed by atoms with Crippen LogP contribution in [0.2, 0.25) is 0 Å². The minimum absolute atomic E-state index is 0.351. The summed E-state index contributed by atoms with van der Waals surface area (Å²) in [6, 6.07) is 5.31. The van der Waals surface area contributed by atoms with Gasteiger partial charge in [-0.3, -0.25) is 0 Å². The van der Waals surface area contributed by atoms with Gasteiger partial charge in [-0.25, -0.2) is 13.1 Å². The maximum absolute atomic E-state index is 12.3. The van der Waals surface area contributed by atoms with Crippen molar-refractivity contribution in [1.82, 2.24) is 4.72 Å². The van der Waals surface area contributed by atoms with Crippen LogP contribution in [0.15, 0.2) is 39.2 Å². The molecule has 0 saturated heterocycles. The van der Waals surface area contributed by atoms with E-state index in [1.807, 2.05) is 19.1 Å². The summed E-state index contributed by atoms with van der Waals surface area (Å²) in [7, 11) is -3.42. The normalized spacial score (nSPS) is 16.0. The van der Waals surface area contributed by atoms with E-state index in [0.29, 0.717) is 11.4 Å². The van der Waals surface area contributed by atoms with Crippen LogP contribution in [0.25, 0.3) is 0 Å². The zero-order valence-corrected chi connectivity index (χ0v) is 14.1. The molecule has 1 aromatic rings. The van der Waals surface area contributed by atoms with E-state index < -0.39 is 10.0 Å². The van der Waals surface area contributed by atoms with E-state index in [-0.39, 0.29) is 0 Å². The molecule has 1 N–H and O–H groups in total. The topological polar surface area (TPSA) is 46.2 Å². The molecule has 0 unspecified atom stereocenters. The van der Waals surface area contributed by atoms with Gasteiger partial charge in [0.25, 0.3) is 0 Å². The van der Waals surface area contributed by atoms with Gasteiger partial charge in [0.05, 0.1) is 4.90 Å². The average Bonchev–Trinajstić information content (AvgIpc) is 2.42. The molecular weight excluding hydrogens is 338 g/mol. The Morgan fingerprint density at radius 1 is 1.30 bits per heavy atom. The lowest BCUT2D eigenvalue weighted by molar-refractivity contribution is 0.579. The SMILES string of the molecule is Cc1ccc(Br)cc1S(=O)(=O)NCCC1=CCCCC1. The predicted molar refractivity (Wildman–Crippen MR) is 85.2 cm³/mol. The molecule has 1 aliphatic rings. The second-order valence-electron chi connectivity index (χ2n) is 5.17. The van der Waals surface area contributed by atoms with Gasteiger partial charge in [-0.15, -0.1) is 0 Å². The van der Waals surface area contributed by atoms with E-state index in [1.165, 1.54) is 18.4 Å². The number of nitrogens with one attached hydrogen (secondary N) is 1. The molecule has 1 aromatic carbocycles. The molecule has 110 valence electrons. The summed E-state index contributed by atoms with van der Waals surface area (Å²) in [4.78, 5) is 0.351. The van der Waals surface area contributed by atoms with Crippen molar-refractivity contribution in [2.24, 2.45) is 0 Å². The van der Waals surface area contributed by atoms with Crippen molar-refractivity contribution in [3.8, 4) is 0 Å². The van der Waals surface area contributed by atoms with Gasteiger partial charge in [0, 0.05) is 11.0 Å². The zero-order valence-electron chi connectivity index (χ0n) is 11.7. The Bertz CT molecular complexity index is 608. The molecule has 0 radical (unpaired) electrons. The fraction of sp³-hybridized carbons (Fsp3) is 0.467. The van der Waals surface area contributed by atoms with E-state index in [2.05, 4.69) is 26.7 Å². The molecule has 0 aromatic heterocycles. The molecule has 0 atom stereocenters. The molecule has 5 heteroatoms. The van der Waals surface area contributed by atoms with Gasteiger partial charge in [-0.05, 0) is 56.7 Å². The first-order valence-corrected chi connectivity index (χ1v) is 9.20. The quantitative estimate of drug-likeness (QED) is 0.811. The maximum Gasteiger partial charge on any atom is 0.240 e. The summed E-state index contributed by atoms with van der Waals surface area (Å²) >= 11 is 3.32. The van der Waals surface area contributed by atoms with Crippen molar-refractivity contribution in [2.45, 2.75) is 43.9 Å². The lowest BCUT2D eigenvalue weighted by Gasteiger charge is -2.14. The van der Waals surface area contributed by atoms with Crippen molar-refractivity contribution in [3.05, 3.63) is 39.9 Å². The number of rotatable bonds is 5. The van der Waals surface area contributed by atoms with Crippen molar-refractivity contribution < 1.29 is 8.42 Å². The number of sulfonamides is 1. The first-order valence-electron chi connectivity index (χ1n) is 6.93. The standard InChI is InChI=1S/C15H20BrNO2S/c1-12-7-8-14(16)11-15(12)20(18,19)17-10-9-13-5-3-2-4-6-13/h5,7-8,11,17H,2-4,6,9-10H2,1H3. The fourth-order valence-electron chi connectivity index (χ4n) is 2.42.